The third kappa shape index (κ3) is 3.13. The number of aromatic nitrogens is 2. The molecule has 0 atom stereocenters. The Morgan fingerprint density at radius 2 is 2.11 bits per heavy atom. The molecule has 0 amide bonds. The highest BCUT2D eigenvalue weighted by molar-refractivity contribution is 7.89. The van der Waals surface area contributed by atoms with Crippen LogP contribution in [0.4, 0.5) is 0 Å². The van der Waals surface area contributed by atoms with Crippen molar-refractivity contribution in [2.75, 3.05) is 6.54 Å². The van der Waals surface area contributed by atoms with Crippen LogP contribution in [0.25, 0.3) is 11.0 Å². The van der Waals surface area contributed by atoms with Crippen molar-refractivity contribution in [2.45, 2.75) is 31.1 Å². The lowest BCUT2D eigenvalue weighted by Gasteiger charge is -2.06. The normalized spacial score (nSPS) is 12.1. The molecule has 5 nitrogen and oxygen atoms in total. The summed E-state index contributed by atoms with van der Waals surface area (Å²) in [5.74, 6) is 0. The summed E-state index contributed by atoms with van der Waals surface area (Å²) in [5, 5.41) is 0. The van der Waals surface area contributed by atoms with Crippen molar-refractivity contribution in [1.82, 2.24) is 14.3 Å². The average Bonchev–Trinajstić information content (AvgIpc) is 2.76. The van der Waals surface area contributed by atoms with Gasteiger partial charge in [0, 0.05) is 13.6 Å². The summed E-state index contributed by atoms with van der Waals surface area (Å²) in [6.45, 7) is 2.57. The maximum Gasteiger partial charge on any atom is 0.240 e. The van der Waals surface area contributed by atoms with Gasteiger partial charge in [0.05, 0.1) is 22.3 Å². The van der Waals surface area contributed by atoms with Crippen LogP contribution in [0.2, 0.25) is 0 Å². The number of nitrogens with zero attached hydrogens (tertiary/aromatic N) is 2. The van der Waals surface area contributed by atoms with Crippen molar-refractivity contribution in [3.63, 3.8) is 0 Å². The molecule has 0 saturated heterocycles. The minimum Gasteiger partial charge on any atom is -0.334 e. The molecule has 6 heteroatoms. The van der Waals surface area contributed by atoms with Crippen molar-refractivity contribution >= 4 is 21.1 Å². The van der Waals surface area contributed by atoms with Crippen LogP contribution in [0.1, 0.15) is 26.2 Å². The van der Waals surface area contributed by atoms with Crippen LogP contribution in [0.5, 0.6) is 0 Å². The van der Waals surface area contributed by atoms with Gasteiger partial charge in [-0.2, -0.15) is 0 Å². The Labute approximate surface area is 113 Å². The van der Waals surface area contributed by atoms with Crippen LogP contribution in [-0.2, 0) is 17.1 Å². The molecule has 19 heavy (non-hydrogen) atoms. The number of unbranched alkanes of at least 4 members (excludes halogenated alkanes) is 2. The Kier molecular flexibility index (Phi) is 4.21. The number of aryl methyl sites for hydroxylation is 1. The smallest absolute Gasteiger partial charge is 0.240 e. The number of fused-ring (bicyclic) bond motifs is 1. The molecular weight excluding hydrogens is 262 g/mol. The van der Waals surface area contributed by atoms with Crippen molar-refractivity contribution in [2.24, 2.45) is 7.05 Å². The van der Waals surface area contributed by atoms with Gasteiger partial charge < -0.3 is 4.57 Å². The van der Waals surface area contributed by atoms with Crippen molar-refractivity contribution < 1.29 is 8.42 Å². The second kappa shape index (κ2) is 5.71. The van der Waals surface area contributed by atoms with Crippen molar-refractivity contribution in [3.05, 3.63) is 24.5 Å². The molecule has 0 spiro atoms. The van der Waals surface area contributed by atoms with E-state index in [1.165, 1.54) is 0 Å². The molecule has 104 valence electrons. The van der Waals surface area contributed by atoms with Crippen molar-refractivity contribution in [1.29, 1.82) is 0 Å². The minimum atomic E-state index is -3.42. The fourth-order valence-corrected chi connectivity index (χ4v) is 3.04. The van der Waals surface area contributed by atoms with E-state index < -0.39 is 10.0 Å². The zero-order valence-electron chi connectivity index (χ0n) is 11.3. The highest BCUT2D eigenvalue weighted by Gasteiger charge is 2.14. The number of sulfonamides is 1. The molecule has 0 aliphatic heterocycles. The van der Waals surface area contributed by atoms with Gasteiger partial charge in [0.1, 0.15) is 0 Å². The molecule has 0 unspecified atom stereocenters. The van der Waals surface area contributed by atoms with Gasteiger partial charge in [-0.3, -0.25) is 0 Å². The number of benzene rings is 1. The standard InChI is InChI=1S/C13H19N3O2S/c1-3-4-5-8-15-19(17,18)11-6-7-13-12(9-11)14-10-16(13)2/h6-7,9-10,15H,3-5,8H2,1-2H3. The van der Waals surface area contributed by atoms with E-state index in [0.29, 0.717) is 12.1 Å². The third-order valence-electron chi connectivity index (χ3n) is 3.08. The van der Waals surface area contributed by atoms with E-state index in [0.717, 1.165) is 24.8 Å². The van der Waals surface area contributed by atoms with Gasteiger partial charge in [0.15, 0.2) is 0 Å². The number of rotatable bonds is 6. The summed E-state index contributed by atoms with van der Waals surface area (Å²) < 4.78 is 28.7. The Bertz CT molecular complexity index is 662. The predicted octanol–water partition coefficient (Wildman–Crippen LogP) is 2.04. The topological polar surface area (TPSA) is 64.0 Å². The van der Waals surface area contributed by atoms with Gasteiger partial charge in [-0.25, -0.2) is 18.1 Å². The third-order valence-corrected chi connectivity index (χ3v) is 4.54. The van der Waals surface area contributed by atoms with E-state index in [-0.39, 0.29) is 4.90 Å². The summed E-state index contributed by atoms with van der Waals surface area (Å²) in [6.07, 6.45) is 4.64. The maximum atomic E-state index is 12.1. The van der Waals surface area contributed by atoms with Gasteiger partial charge in [-0.1, -0.05) is 19.8 Å². The summed E-state index contributed by atoms with van der Waals surface area (Å²) in [7, 11) is -1.54. The Morgan fingerprint density at radius 1 is 1.32 bits per heavy atom. The average molecular weight is 281 g/mol. The van der Waals surface area contributed by atoms with Crippen LogP contribution < -0.4 is 4.72 Å². The first kappa shape index (κ1) is 14.0. The molecular formula is C13H19N3O2S. The first-order valence-electron chi connectivity index (χ1n) is 6.45. The zero-order valence-corrected chi connectivity index (χ0v) is 12.1. The molecule has 0 saturated carbocycles. The molecule has 0 bridgehead atoms. The predicted molar refractivity (Wildman–Crippen MR) is 75.4 cm³/mol. The van der Waals surface area contributed by atoms with E-state index in [1.807, 2.05) is 11.6 Å². The van der Waals surface area contributed by atoms with Crippen LogP contribution >= 0.6 is 0 Å². The molecule has 0 aliphatic carbocycles. The lowest BCUT2D eigenvalue weighted by molar-refractivity contribution is 0.576. The lowest BCUT2D eigenvalue weighted by atomic mass is 10.3. The number of imidazole rings is 1. The van der Waals surface area contributed by atoms with E-state index >= 15 is 0 Å². The van der Waals surface area contributed by atoms with Crippen LogP contribution in [0.3, 0.4) is 0 Å². The molecule has 2 rings (SSSR count). The summed E-state index contributed by atoms with van der Waals surface area (Å²) >= 11 is 0. The van der Waals surface area contributed by atoms with Gasteiger partial charge in [0.2, 0.25) is 10.0 Å². The molecule has 2 aromatic rings. The number of hydrogen-bond donors (Lipinski definition) is 1. The molecule has 0 radical (unpaired) electrons. The number of nitrogens with one attached hydrogen (secondary N) is 1. The fourth-order valence-electron chi connectivity index (χ4n) is 1.95. The molecule has 1 aromatic carbocycles. The minimum absolute atomic E-state index is 0.273. The zero-order chi connectivity index (χ0) is 13.9. The van der Waals surface area contributed by atoms with Gasteiger partial charge in [0.25, 0.3) is 0 Å². The van der Waals surface area contributed by atoms with Gasteiger partial charge >= 0.3 is 0 Å². The van der Waals surface area contributed by atoms with E-state index in [2.05, 4.69) is 16.6 Å². The van der Waals surface area contributed by atoms with Crippen LogP contribution in [0, 0.1) is 0 Å². The highest BCUT2D eigenvalue weighted by Crippen LogP contribution is 2.17. The summed E-state index contributed by atoms with van der Waals surface area (Å²) in [4.78, 5) is 4.45. The molecule has 1 N–H and O–H groups in total. The quantitative estimate of drug-likeness (QED) is 0.824. The second-order valence-corrected chi connectivity index (χ2v) is 6.38. The summed E-state index contributed by atoms with van der Waals surface area (Å²) in [5.41, 5.74) is 1.61. The molecule has 0 fully saturated rings. The summed E-state index contributed by atoms with van der Waals surface area (Å²) in [6, 6.07) is 5.01. The maximum absolute atomic E-state index is 12.1. The first-order valence-corrected chi connectivity index (χ1v) is 7.93. The molecule has 1 heterocycles. The van der Waals surface area contributed by atoms with Gasteiger partial charge in [-0.15, -0.1) is 0 Å². The second-order valence-electron chi connectivity index (χ2n) is 4.61. The molecule has 1 aromatic heterocycles. The lowest BCUT2D eigenvalue weighted by Crippen LogP contribution is -2.24. The Hall–Kier alpha value is -1.40. The fraction of sp³-hybridized carbons (Fsp3) is 0.462. The SMILES string of the molecule is CCCCCNS(=O)(=O)c1ccc2c(c1)ncn2C. The van der Waals surface area contributed by atoms with Gasteiger partial charge in [-0.05, 0) is 24.6 Å². The van der Waals surface area contributed by atoms with Crippen molar-refractivity contribution in [3.8, 4) is 0 Å². The molecule has 0 aliphatic rings. The van der Waals surface area contributed by atoms with E-state index in [4.69, 9.17) is 0 Å². The van der Waals surface area contributed by atoms with E-state index in [9.17, 15) is 8.42 Å². The van der Waals surface area contributed by atoms with Crippen LogP contribution in [-0.4, -0.2) is 24.5 Å². The van der Waals surface area contributed by atoms with E-state index in [1.54, 1.807) is 24.5 Å². The van der Waals surface area contributed by atoms with Crippen LogP contribution in [0.15, 0.2) is 29.4 Å². The monoisotopic (exact) mass is 281 g/mol. The first-order chi connectivity index (χ1) is 9.04. The highest BCUT2D eigenvalue weighted by atomic mass is 32.2. The Morgan fingerprint density at radius 3 is 2.84 bits per heavy atom. The number of hydrogen-bond acceptors (Lipinski definition) is 3. The Balaban J connectivity index is 2.18. The largest absolute Gasteiger partial charge is 0.334 e.